The van der Waals surface area contributed by atoms with E-state index < -0.39 is 0 Å². The van der Waals surface area contributed by atoms with E-state index in [4.69, 9.17) is 21.0 Å². The highest BCUT2D eigenvalue weighted by Gasteiger charge is 1.99. The summed E-state index contributed by atoms with van der Waals surface area (Å²) in [5.41, 5.74) is 5.88. The van der Waals surface area contributed by atoms with Crippen molar-refractivity contribution in [1.29, 1.82) is 5.41 Å². The standard InChI is InChI=1S/C9H13N3O2/c10-9(11)7-2-3-12-8(6-7)14-5-1-4-13/h2-3,6,13H,1,4-5H2,(H3,10,11). The Morgan fingerprint density at radius 3 is 3.07 bits per heavy atom. The molecule has 0 bridgehead atoms. The predicted octanol–water partition coefficient (Wildman–Crippen LogP) is 0.127. The lowest BCUT2D eigenvalue weighted by Crippen LogP contribution is -2.11. The Hall–Kier alpha value is -1.62. The molecular formula is C9H13N3O2. The van der Waals surface area contributed by atoms with Crippen LogP contribution in [0.25, 0.3) is 0 Å². The highest BCUT2D eigenvalue weighted by atomic mass is 16.5. The molecule has 1 rings (SSSR count). The highest BCUT2D eigenvalue weighted by Crippen LogP contribution is 2.08. The minimum absolute atomic E-state index is 0.0144. The average Bonchev–Trinajstić information content (AvgIpc) is 2.19. The van der Waals surface area contributed by atoms with Crippen molar-refractivity contribution in [3.63, 3.8) is 0 Å². The fraction of sp³-hybridized carbons (Fsp3) is 0.333. The monoisotopic (exact) mass is 195 g/mol. The molecule has 0 radical (unpaired) electrons. The number of nitrogens with zero attached hydrogens (tertiary/aromatic N) is 1. The number of pyridine rings is 1. The van der Waals surface area contributed by atoms with Crippen LogP contribution in [-0.2, 0) is 0 Å². The van der Waals surface area contributed by atoms with Gasteiger partial charge in [0.05, 0.1) is 6.61 Å². The van der Waals surface area contributed by atoms with Crippen LogP contribution in [0.5, 0.6) is 5.88 Å². The molecule has 0 saturated carbocycles. The predicted molar refractivity (Wildman–Crippen MR) is 52.5 cm³/mol. The molecule has 0 aliphatic rings. The summed E-state index contributed by atoms with van der Waals surface area (Å²) < 4.78 is 5.21. The quantitative estimate of drug-likeness (QED) is 0.353. The Bertz CT molecular complexity index is 315. The van der Waals surface area contributed by atoms with Crippen molar-refractivity contribution in [2.45, 2.75) is 6.42 Å². The van der Waals surface area contributed by atoms with Crippen molar-refractivity contribution in [3.05, 3.63) is 23.9 Å². The first-order valence-corrected chi connectivity index (χ1v) is 4.28. The molecule has 0 saturated heterocycles. The number of rotatable bonds is 5. The largest absolute Gasteiger partial charge is 0.478 e. The Balaban J connectivity index is 2.59. The van der Waals surface area contributed by atoms with E-state index in [1.54, 1.807) is 12.1 Å². The number of hydrogen-bond donors (Lipinski definition) is 3. The van der Waals surface area contributed by atoms with Gasteiger partial charge in [0.25, 0.3) is 0 Å². The maximum absolute atomic E-state index is 8.53. The number of ether oxygens (including phenoxy) is 1. The minimum Gasteiger partial charge on any atom is -0.478 e. The lowest BCUT2D eigenvalue weighted by molar-refractivity contribution is 0.229. The van der Waals surface area contributed by atoms with Gasteiger partial charge >= 0.3 is 0 Å². The lowest BCUT2D eigenvalue weighted by atomic mass is 10.2. The Morgan fingerprint density at radius 2 is 2.43 bits per heavy atom. The zero-order valence-electron chi connectivity index (χ0n) is 7.73. The van der Waals surface area contributed by atoms with Crippen molar-refractivity contribution in [2.75, 3.05) is 13.2 Å². The van der Waals surface area contributed by atoms with Gasteiger partial charge in [0.2, 0.25) is 5.88 Å². The Morgan fingerprint density at radius 1 is 1.64 bits per heavy atom. The van der Waals surface area contributed by atoms with Crippen molar-refractivity contribution in [2.24, 2.45) is 5.73 Å². The summed E-state index contributed by atoms with van der Waals surface area (Å²) in [6.45, 7) is 0.497. The third-order valence-electron chi connectivity index (χ3n) is 1.60. The molecule has 1 aromatic heterocycles. The van der Waals surface area contributed by atoms with Crippen molar-refractivity contribution in [3.8, 4) is 5.88 Å². The Labute approximate surface area is 82.0 Å². The van der Waals surface area contributed by atoms with Crippen LogP contribution >= 0.6 is 0 Å². The number of nitrogens with two attached hydrogens (primary N) is 1. The third kappa shape index (κ3) is 3.02. The summed E-state index contributed by atoms with van der Waals surface area (Å²) in [6.07, 6.45) is 2.09. The van der Waals surface area contributed by atoms with Gasteiger partial charge in [-0.25, -0.2) is 4.98 Å². The normalized spacial score (nSPS) is 9.79. The van der Waals surface area contributed by atoms with Crippen molar-refractivity contribution >= 4 is 5.84 Å². The third-order valence-corrected chi connectivity index (χ3v) is 1.60. The summed E-state index contributed by atoms with van der Waals surface area (Å²) in [7, 11) is 0. The molecule has 0 aromatic carbocycles. The second kappa shape index (κ2) is 5.18. The molecule has 76 valence electrons. The molecule has 0 atom stereocenters. The molecule has 5 heteroatoms. The first kappa shape index (κ1) is 10.5. The number of aliphatic hydroxyl groups excluding tert-OH is 1. The van der Waals surface area contributed by atoms with Crippen LogP contribution in [0.2, 0.25) is 0 Å². The van der Waals surface area contributed by atoms with E-state index in [1.807, 2.05) is 0 Å². The van der Waals surface area contributed by atoms with Crippen LogP contribution in [0.4, 0.5) is 0 Å². The lowest BCUT2D eigenvalue weighted by Gasteiger charge is -2.04. The molecule has 0 fully saturated rings. The minimum atomic E-state index is -0.0144. The smallest absolute Gasteiger partial charge is 0.213 e. The zero-order chi connectivity index (χ0) is 10.4. The molecule has 1 aromatic rings. The number of nitrogen functional groups attached to an aromatic ring is 1. The molecule has 0 aliphatic carbocycles. The van der Waals surface area contributed by atoms with Crippen LogP contribution in [0, 0.1) is 5.41 Å². The number of aliphatic hydroxyl groups is 1. The van der Waals surface area contributed by atoms with Crippen molar-refractivity contribution < 1.29 is 9.84 Å². The summed E-state index contributed by atoms with van der Waals surface area (Å²) >= 11 is 0. The summed E-state index contributed by atoms with van der Waals surface area (Å²) in [4.78, 5) is 3.94. The molecule has 4 N–H and O–H groups in total. The van der Waals surface area contributed by atoms with Crippen LogP contribution < -0.4 is 10.5 Å². The molecule has 14 heavy (non-hydrogen) atoms. The molecule has 5 nitrogen and oxygen atoms in total. The number of aromatic nitrogens is 1. The van der Waals surface area contributed by atoms with Gasteiger partial charge in [0.1, 0.15) is 5.84 Å². The van der Waals surface area contributed by atoms with E-state index >= 15 is 0 Å². The molecule has 0 spiro atoms. The number of nitrogens with one attached hydrogen (secondary N) is 1. The van der Waals surface area contributed by atoms with Gasteiger partial charge in [-0.3, -0.25) is 5.41 Å². The molecule has 0 aliphatic heterocycles. The van der Waals surface area contributed by atoms with Gasteiger partial charge in [-0.15, -0.1) is 0 Å². The fourth-order valence-corrected chi connectivity index (χ4v) is 0.897. The van der Waals surface area contributed by atoms with Gasteiger partial charge in [-0.1, -0.05) is 0 Å². The maximum Gasteiger partial charge on any atom is 0.213 e. The van der Waals surface area contributed by atoms with Gasteiger partial charge in [0, 0.05) is 30.9 Å². The number of hydrogen-bond acceptors (Lipinski definition) is 4. The van der Waals surface area contributed by atoms with Gasteiger partial charge in [-0.2, -0.15) is 0 Å². The van der Waals surface area contributed by atoms with Crippen LogP contribution in [0.15, 0.2) is 18.3 Å². The molecule has 1 heterocycles. The highest BCUT2D eigenvalue weighted by molar-refractivity contribution is 5.95. The van der Waals surface area contributed by atoms with Crippen LogP contribution in [-0.4, -0.2) is 29.1 Å². The summed E-state index contributed by atoms with van der Waals surface area (Å²) in [5, 5.41) is 15.7. The molecule has 0 amide bonds. The van der Waals surface area contributed by atoms with E-state index in [9.17, 15) is 0 Å². The van der Waals surface area contributed by atoms with Crippen molar-refractivity contribution in [1.82, 2.24) is 4.98 Å². The topological polar surface area (TPSA) is 92.2 Å². The second-order valence-electron chi connectivity index (χ2n) is 2.72. The van der Waals surface area contributed by atoms with E-state index in [0.29, 0.717) is 24.5 Å². The van der Waals surface area contributed by atoms with Gasteiger partial charge < -0.3 is 15.6 Å². The van der Waals surface area contributed by atoms with Crippen LogP contribution in [0.3, 0.4) is 0 Å². The molecular weight excluding hydrogens is 182 g/mol. The first-order chi connectivity index (χ1) is 6.74. The van der Waals surface area contributed by atoms with E-state index in [1.165, 1.54) is 6.20 Å². The second-order valence-corrected chi connectivity index (χ2v) is 2.72. The van der Waals surface area contributed by atoms with E-state index in [2.05, 4.69) is 4.98 Å². The number of amidine groups is 1. The Kier molecular flexibility index (Phi) is 3.87. The van der Waals surface area contributed by atoms with Gasteiger partial charge in [0.15, 0.2) is 0 Å². The summed E-state index contributed by atoms with van der Waals surface area (Å²) in [6, 6.07) is 3.24. The van der Waals surface area contributed by atoms with Gasteiger partial charge in [-0.05, 0) is 6.07 Å². The van der Waals surface area contributed by atoms with E-state index in [0.717, 1.165) is 0 Å². The zero-order valence-corrected chi connectivity index (χ0v) is 7.73. The van der Waals surface area contributed by atoms with E-state index in [-0.39, 0.29) is 12.4 Å². The maximum atomic E-state index is 8.53. The first-order valence-electron chi connectivity index (χ1n) is 4.28. The van der Waals surface area contributed by atoms with Crippen LogP contribution in [0.1, 0.15) is 12.0 Å². The summed E-state index contributed by atoms with van der Waals surface area (Å²) in [5.74, 6) is 0.408. The fourth-order valence-electron chi connectivity index (χ4n) is 0.897. The molecule has 0 unspecified atom stereocenters. The SMILES string of the molecule is N=C(N)c1ccnc(OCCCO)c1. The average molecular weight is 195 g/mol.